The maximum atomic E-state index is 4.87. The Morgan fingerprint density at radius 1 is 1.17 bits per heavy atom. The molecule has 0 aliphatic rings. The summed E-state index contributed by atoms with van der Waals surface area (Å²) >= 11 is 4.87. The fourth-order valence-electron chi connectivity index (χ4n) is 0.725. The zero-order valence-electron chi connectivity index (χ0n) is 7.79. The highest BCUT2D eigenvalue weighted by atomic mass is 32.1. The van der Waals surface area contributed by atoms with Gasteiger partial charge in [0.25, 0.3) is 0 Å². The van der Waals surface area contributed by atoms with Crippen molar-refractivity contribution in [3.8, 4) is 0 Å². The molecule has 1 aromatic rings. The average molecular weight is 181 g/mol. The van der Waals surface area contributed by atoms with Gasteiger partial charge in [0.2, 0.25) is 0 Å². The largest absolute Gasteiger partial charge is 0.350 e. The molecule has 0 unspecified atom stereocenters. The Labute approximate surface area is 79.8 Å². The maximum absolute atomic E-state index is 4.87. The van der Waals surface area contributed by atoms with E-state index in [2.05, 4.69) is 5.32 Å². The van der Waals surface area contributed by atoms with Crippen molar-refractivity contribution in [1.29, 1.82) is 0 Å². The number of hydrogen-bond donors (Lipinski definition) is 1. The second-order valence-corrected chi connectivity index (χ2v) is 2.66. The van der Waals surface area contributed by atoms with Gasteiger partial charge in [-0.25, -0.2) is 0 Å². The molecule has 1 N–H and O–H groups in total. The van der Waals surface area contributed by atoms with Gasteiger partial charge in [0.05, 0.1) is 4.99 Å². The van der Waals surface area contributed by atoms with Crippen molar-refractivity contribution in [2.24, 2.45) is 0 Å². The third-order valence-corrected chi connectivity index (χ3v) is 1.20. The molecule has 0 saturated carbocycles. The van der Waals surface area contributed by atoms with E-state index >= 15 is 0 Å². The molecule has 0 spiro atoms. The first-order valence-electron chi connectivity index (χ1n) is 4.11. The van der Waals surface area contributed by atoms with Gasteiger partial charge in [0.15, 0.2) is 0 Å². The first-order valence-corrected chi connectivity index (χ1v) is 4.52. The van der Waals surface area contributed by atoms with E-state index in [0.29, 0.717) is 0 Å². The average Bonchev–Trinajstić information content (AvgIpc) is 2.08. The summed E-state index contributed by atoms with van der Waals surface area (Å²) in [4.78, 5) is 0.797. The molecule has 0 bridgehead atoms. The number of thiocarbonyl (C=S) groups is 1. The first kappa shape index (κ1) is 11.1. The molecule has 0 aliphatic carbocycles. The molecule has 0 aliphatic heterocycles. The minimum Gasteiger partial charge on any atom is -0.350 e. The maximum Gasteiger partial charge on any atom is 0.0765 e. The lowest BCUT2D eigenvalue weighted by atomic mass is 10.3. The van der Waals surface area contributed by atoms with Crippen LogP contribution in [-0.2, 0) is 0 Å². The van der Waals surface area contributed by atoms with Gasteiger partial charge in [0, 0.05) is 5.69 Å². The molecule has 2 heteroatoms. The van der Waals surface area contributed by atoms with E-state index in [1.165, 1.54) is 0 Å². The first-order chi connectivity index (χ1) is 5.79. The van der Waals surface area contributed by atoms with Crippen LogP contribution in [0.25, 0.3) is 0 Å². The molecule has 0 fully saturated rings. The summed E-state index contributed by atoms with van der Waals surface area (Å²) < 4.78 is 0. The van der Waals surface area contributed by atoms with E-state index in [4.69, 9.17) is 12.2 Å². The van der Waals surface area contributed by atoms with Gasteiger partial charge < -0.3 is 5.32 Å². The highest BCUT2D eigenvalue weighted by Gasteiger charge is 1.86. The minimum atomic E-state index is 0.797. The van der Waals surface area contributed by atoms with Gasteiger partial charge in [-0.15, -0.1) is 0 Å². The Morgan fingerprint density at radius 3 is 2.08 bits per heavy atom. The molecule has 66 valence electrons. The van der Waals surface area contributed by atoms with Crippen molar-refractivity contribution in [2.75, 3.05) is 5.32 Å². The van der Waals surface area contributed by atoms with E-state index in [-0.39, 0.29) is 0 Å². The molecule has 0 atom stereocenters. The standard InChI is InChI=1S/C8H9NS.C2H6/c1-7(10)9-8-5-3-2-4-6-8;1-2/h2-6H,1H3,(H,9,10);1-2H3. The van der Waals surface area contributed by atoms with Crippen molar-refractivity contribution in [3.05, 3.63) is 30.3 Å². The number of benzene rings is 1. The Hall–Kier alpha value is -0.890. The summed E-state index contributed by atoms with van der Waals surface area (Å²) in [5.41, 5.74) is 1.05. The highest BCUT2D eigenvalue weighted by Crippen LogP contribution is 2.04. The van der Waals surface area contributed by atoms with Gasteiger partial charge in [-0.05, 0) is 19.1 Å². The van der Waals surface area contributed by atoms with Crippen LogP contribution in [0.5, 0.6) is 0 Å². The molecule has 12 heavy (non-hydrogen) atoms. The summed E-state index contributed by atoms with van der Waals surface area (Å²) in [6.45, 7) is 5.86. The third-order valence-electron chi connectivity index (χ3n) is 1.09. The molecular weight excluding hydrogens is 166 g/mol. The van der Waals surface area contributed by atoms with Crippen LogP contribution in [-0.4, -0.2) is 4.99 Å². The Balaban J connectivity index is 0.000000561. The number of nitrogens with one attached hydrogen (secondary N) is 1. The van der Waals surface area contributed by atoms with Crippen LogP contribution in [0.2, 0.25) is 0 Å². The number of hydrogen-bond acceptors (Lipinski definition) is 1. The lowest BCUT2D eigenvalue weighted by Gasteiger charge is -2.00. The smallest absolute Gasteiger partial charge is 0.0765 e. The zero-order valence-corrected chi connectivity index (χ0v) is 8.61. The number of rotatable bonds is 1. The van der Waals surface area contributed by atoms with Crippen molar-refractivity contribution in [3.63, 3.8) is 0 Å². The molecule has 1 nitrogen and oxygen atoms in total. The van der Waals surface area contributed by atoms with Crippen LogP contribution in [0.4, 0.5) is 5.69 Å². The van der Waals surface area contributed by atoms with Gasteiger partial charge in [-0.1, -0.05) is 44.3 Å². The number of anilines is 1. The Kier molecular flexibility index (Phi) is 6.29. The summed E-state index contributed by atoms with van der Waals surface area (Å²) in [6.07, 6.45) is 0. The summed E-state index contributed by atoms with van der Waals surface area (Å²) in [6, 6.07) is 9.89. The lowest BCUT2D eigenvalue weighted by molar-refractivity contribution is 1.50. The molecular formula is C10H15NS. The van der Waals surface area contributed by atoms with Crippen LogP contribution in [0.15, 0.2) is 30.3 Å². The fraction of sp³-hybridized carbons (Fsp3) is 0.300. The topological polar surface area (TPSA) is 12.0 Å². The van der Waals surface area contributed by atoms with Gasteiger partial charge in [0.1, 0.15) is 0 Å². The van der Waals surface area contributed by atoms with Crippen molar-refractivity contribution < 1.29 is 0 Å². The zero-order chi connectivity index (χ0) is 9.40. The Bertz CT molecular complexity index is 219. The van der Waals surface area contributed by atoms with Crippen LogP contribution in [0.1, 0.15) is 20.8 Å². The number of para-hydroxylation sites is 1. The predicted octanol–water partition coefficient (Wildman–Crippen LogP) is 3.47. The lowest BCUT2D eigenvalue weighted by Crippen LogP contribution is -2.02. The molecule has 0 heterocycles. The van der Waals surface area contributed by atoms with Crippen molar-refractivity contribution >= 4 is 22.9 Å². The van der Waals surface area contributed by atoms with E-state index in [1.54, 1.807) is 0 Å². The SMILES string of the molecule is CC.CC(=S)Nc1ccccc1. The minimum absolute atomic E-state index is 0.797. The summed E-state index contributed by atoms with van der Waals surface area (Å²) in [5, 5.41) is 3.04. The molecule has 0 amide bonds. The van der Waals surface area contributed by atoms with Crippen LogP contribution < -0.4 is 5.32 Å². The Morgan fingerprint density at radius 2 is 1.67 bits per heavy atom. The quantitative estimate of drug-likeness (QED) is 0.666. The molecule has 0 saturated heterocycles. The summed E-state index contributed by atoms with van der Waals surface area (Å²) in [5.74, 6) is 0. The molecule has 1 aromatic carbocycles. The molecule has 1 rings (SSSR count). The van der Waals surface area contributed by atoms with Gasteiger partial charge in [-0.3, -0.25) is 0 Å². The fourth-order valence-corrected chi connectivity index (χ4v) is 0.843. The van der Waals surface area contributed by atoms with E-state index in [9.17, 15) is 0 Å². The van der Waals surface area contributed by atoms with Crippen LogP contribution in [0, 0.1) is 0 Å². The molecule has 0 radical (unpaired) electrons. The molecule has 0 aromatic heterocycles. The second kappa shape index (κ2) is 6.80. The van der Waals surface area contributed by atoms with E-state index in [1.807, 2.05) is 51.1 Å². The monoisotopic (exact) mass is 181 g/mol. The van der Waals surface area contributed by atoms with Crippen LogP contribution in [0.3, 0.4) is 0 Å². The summed E-state index contributed by atoms with van der Waals surface area (Å²) in [7, 11) is 0. The third kappa shape index (κ3) is 4.85. The van der Waals surface area contributed by atoms with Gasteiger partial charge >= 0.3 is 0 Å². The normalized spacial score (nSPS) is 7.92. The van der Waals surface area contributed by atoms with Crippen LogP contribution >= 0.6 is 12.2 Å². The van der Waals surface area contributed by atoms with E-state index in [0.717, 1.165) is 10.7 Å². The van der Waals surface area contributed by atoms with Crippen molar-refractivity contribution in [1.82, 2.24) is 0 Å². The highest BCUT2D eigenvalue weighted by molar-refractivity contribution is 7.80. The van der Waals surface area contributed by atoms with Gasteiger partial charge in [-0.2, -0.15) is 0 Å². The second-order valence-electron chi connectivity index (χ2n) is 2.05. The van der Waals surface area contributed by atoms with E-state index < -0.39 is 0 Å². The predicted molar refractivity (Wildman–Crippen MR) is 59.7 cm³/mol. The van der Waals surface area contributed by atoms with Crippen molar-refractivity contribution in [2.45, 2.75) is 20.8 Å².